The highest BCUT2D eigenvalue weighted by Crippen LogP contribution is 2.12. The molecule has 1 rings (SSSR count). The third-order valence-corrected chi connectivity index (χ3v) is 3.44. The van der Waals surface area contributed by atoms with Crippen LogP contribution in [0.4, 0.5) is 0 Å². The first kappa shape index (κ1) is 16.0. The van der Waals surface area contributed by atoms with E-state index in [4.69, 9.17) is 11.6 Å². The van der Waals surface area contributed by atoms with Gasteiger partial charge in [0.1, 0.15) is 11.2 Å². The summed E-state index contributed by atoms with van der Waals surface area (Å²) in [4.78, 5) is 35.8. The van der Waals surface area contributed by atoms with Gasteiger partial charge in [0, 0.05) is 32.0 Å². The molecule has 0 saturated carbocycles. The Bertz CT molecular complexity index is 350. The number of piperidine rings is 1. The molecule has 0 radical (unpaired) electrons. The molecule has 0 bridgehead atoms. The number of carbonyl (C=O) groups is 3. The molecule has 2 amide bonds. The van der Waals surface area contributed by atoms with E-state index >= 15 is 0 Å². The van der Waals surface area contributed by atoms with E-state index in [1.165, 1.54) is 6.92 Å². The first-order chi connectivity index (χ1) is 8.90. The number of alkyl halides is 1. The predicted molar refractivity (Wildman–Crippen MR) is 73.0 cm³/mol. The maximum Gasteiger partial charge on any atom is 0.237 e. The Balaban J connectivity index is 2.30. The van der Waals surface area contributed by atoms with Crippen LogP contribution < -0.4 is 5.32 Å². The molecule has 108 valence electrons. The lowest BCUT2D eigenvalue weighted by Crippen LogP contribution is -2.47. The lowest BCUT2D eigenvalue weighted by atomic mass is 10.0. The van der Waals surface area contributed by atoms with E-state index in [-0.39, 0.29) is 30.1 Å². The average molecular weight is 289 g/mol. The van der Waals surface area contributed by atoms with E-state index in [2.05, 4.69) is 5.32 Å². The van der Waals surface area contributed by atoms with Crippen LogP contribution in [0.5, 0.6) is 0 Å². The number of likely N-dealkylation sites (tertiary alicyclic amines) is 1. The van der Waals surface area contributed by atoms with Gasteiger partial charge in [0.25, 0.3) is 0 Å². The minimum Gasteiger partial charge on any atom is -0.352 e. The molecule has 1 heterocycles. The topological polar surface area (TPSA) is 66.5 Å². The van der Waals surface area contributed by atoms with Gasteiger partial charge >= 0.3 is 0 Å². The minimum absolute atomic E-state index is 0.0192. The molecule has 1 aliphatic heterocycles. The number of hydrogen-bond acceptors (Lipinski definition) is 3. The molecule has 5 nitrogen and oxygen atoms in total. The lowest BCUT2D eigenvalue weighted by Gasteiger charge is -2.32. The number of hydrogen-bond donors (Lipinski definition) is 1. The highest BCUT2D eigenvalue weighted by Gasteiger charge is 2.24. The summed E-state index contributed by atoms with van der Waals surface area (Å²) in [6.07, 6.45) is 2.06. The third kappa shape index (κ3) is 5.59. The van der Waals surface area contributed by atoms with Crippen molar-refractivity contribution in [1.82, 2.24) is 10.2 Å². The van der Waals surface area contributed by atoms with Crippen molar-refractivity contribution in [3.63, 3.8) is 0 Å². The molecule has 1 saturated heterocycles. The molecule has 0 aliphatic carbocycles. The lowest BCUT2D eigenvalue weighted by molar-refractivity contribution is -0.134. The van der Waals surface area contributed by atoms with Gasteiger partial charge in [-0.25, -0.2) is 0 Å². The standard InChI is InChI=1S/C13H21ClN2O3/c1-9(17)3-4-12(18)16-7-5-11(6-8-16)15-13(19)10(2)14/h10-11H,3-8H2,1-2H3,(H,15,19). The van der Waals surface area contributed by atoms with Gasteiger partial charge in [-0.05, 0) is 26.7 Å². The first-order valence-electron chi connectivity index (χ1n) is 6.61. The van der Waals surface area contributed by atoms with E-state index in [9.17, 15) is 14.4 Å². The fourth-order valence-corrected chi connectivity index (χ4v) is 2.09. The first-order valence-corrected chi connectivity index (χ1v) is 7.05. The molecule has 0 aromatic rings. The second kappa shape index (κ2) is 7.48. The Morgan fingerprint density at radius 3 is 2.32 bits per heavy atom. The highest BCUT2D eigenvalue weighted by molar-refractivity contribution is 6.30. The molecule has 1 fully saturated rings. The Labute approximate surface area is 118 Å². The third-order valence-electron chi connectivity index (χ3n) is 3.25. The van der Waals surface area contributed by atoms with Gasteiger partial charge in [0.05, 0.1) is 0 Å². The summed E-state index contributed by atoms with van der Waals surface area (Å²) in [6.45, 7) is 4.37. The van der Waals surface area contributed by atoms with Crippen LogP contribution in [-0.4, -0.2) is 47.0 Å². The number of amides is 2. The molecule has 19 heavy (non-hydrogen) atoms. The number of nitrogens with one attached hydrogen (secondary N) is 1. The summed E-state index contributed by atoms with van der Waals surface area (Å²) < 4.78 is 0. The molecular formula is C13H21ClN2O3. The summed E-state index contributed by atoms with van der Waals surface area (Å²) in [6, 6.07) is 0.0885. The van der Waals surface area contributed by atoms with Crippen LogP contribution in [0, 0.1) is 0 Å². The van der Waals surface area contributed by atoms with E-state index in [0.717, 1.165) is 12.8 Å². The van der Waals surface area contributed by atoms with Crippen LogP contribution in [0.15, 0.2) is 0 Å². The molecule has 1 atom stereocenters. The van der Waals surface area contributed by atoms with Crippen molar-refractivity contribution in [2.24, 2.45) is 0 Å². The van der Waals surface area contributed by atoms with E-state index in [0.29, 0.717) is 19.5 Å². The van der Waals surface area contributed by atoms with Crippen molar-refractivity contribution in [2.45, 2.75) is 50.9 Å². The molecule has 1 aliphatic rings. The minimum atomic E-state index is -0.532. The molecule has 6 heteroatoms. The highest BCUT2D eigenvalue weighted by atomic mass is 35.5. The molecule has 0 aromatic carbocycles. The van der Waals surface area contributed by atoms with Crippen molar-refractivity contribution < 1.29 is 14.4 Å². The predicted octanol–water partition coefficient (Wildman–Crippen LogP) is 1.09. The average Bonchev–Trinajstić information content (AvgIpc) is 2.36. The van der Waals surface area contributed by atoms with Gasteiger partial charge in [0.15, 0.2) is 0 Å². The second-order valence-electron chi connectivity index (χ2n) is 4.98. The maximum absolute atomic E-state index is 11.8. The number of ketones is 1. The monoisotopic (exact) mass is 288 g/mol. The van der Waals surface area contributed by atoms with Gasteiger partial charge in [-0.3, -0.25) is 9.59 Å². The number of carbonyl (C=O) groups excluding carboxylic acids is 3. The van der Waals surface area contributed by atoms with Gasteiger partial charge in [-0.15, -0.1) is 11.6 Å². The van der Waals surface area contributed by atoms with Gasteiger partial charge < -0.3 is 15.0 Å². The van der Waals surface area contributed by atoms with Crippen molar-refractivity contribution >= 4 is 29.2 Å². The number of nitrogens with zero attached hydrogens (tertiary/aromatic N) is 1. The van der Waals surface area contributed by atoms with Crippen molar-refractivity contribution in [2.75, 3.05) is 13.1 Å². The Morgan fingerprint density at radius 1 is 1.26 bits per heavy atom. The number of Topliss-reactive ketones (excluding diaryl/α,β-unsaturated/α-hetero) is 1. The Hall–Kier alpha value is -1.10. The van der Waals surface area contributed by atoms with E-state index in [1.807, 2.05) is 0 Å². The van der Waals surface area contributed by atoms with Crippen molar-refractivity contribution in [3.8, 4) is 0 Å². The molecule has 0 aromatic heterocycles. The quantitative estimate of drug-likeness (QED) is 0.770. The van der Waals surface area contributed by atoms with Gasteiger partial charge in [-0.2, -0.15) is 0 Å². The van der Waals surface area contributed by atoms with E-state index in [1.54, 1.807) is 11.8 Å². The second-order valence-corrected chi connectivity index (χ2v) is 5.64. The normalized spacial score (nSPS) is 17.9. The number of rotatable bonds is 5. The maximum atomic E-state index is 11.8. The molecule has 1 N–H and O–H groups in total. The fraction of sp³-hybridized carbons (Fsp3) is 0.769. The molecule has 0 spiro atoms. The zero-order valence-electron chi connectivity index (χ0n) is 11.4. The van der Waals surface area contributed by atoms with Crippen LogP contribution in [0.3, 0.4) is 0 Å². The van der Waals surface area contributed by atoms with Crippen molar-refractivity contribution in [1.29, 1.82) is 0 Å². The number of halogens is 1. The van der Waals surface area contributed by atoms with E-state index < -0.39 is 5.38 Å². The summed E-state index contributed by atoms with van der Waals surface area (Å²) in [5.41, 5.74) is 0. The summed E-state index contributed by atoms with van der Waals surface area (Å²) >= 11 is 5.69. The van der Waals surface area contributed by atoms with Crippen LogP contribution in [0.2, 0.25) is 0 Å². The zero-order valence-corrected chi connectivity index (χ0v) is 12.2. The summed E-state index contributed by atoms with van der Waals surface area (Å²) in [5, 5.41) is 2.33. The van der Waals surface area contributed by atoms with Crippen LogP contribution in [0.1, 0.15) is 39.5 Å². The summed E-state index contributed by atoms with van der Waals surface area (Å²) in [5.74, 6) is -0.111. The molecule has 1 unspecified atom stereocenters. The Morgan fingerprint density at radius 2 is 1.84 bits per heavy atom. The van der Waals surface area contributed by atoms with Crippen molar-refractivity contribution in [3.05, 3.63) is 0 Å². The van der Waals surface area contributed by atoms with Crippen LogP contribution >= 0.6 is 11.6 Å². The van der Waals surface area contributed by atoms with Crippen LogP contribution in [-0.2, 0) is 14.4 Å². The van der Waals surface area contributed by atoms with Gasteiger partial charge in [-0.1, -0.05) is 0 Å². The molecular weight excluding hydrogens is 268 g/mol. The van der Waals surface area contributed by atoms with Gasteiger partial charge in [0.2, 0.25) is 11.8 Å². The fourth-order valence-electron chi connectivity index (χ4n) is 2.03. The SMILES string of the molecule is CC(=O)CCC(=O)N1CCC(NC(=O)C(C)Cl)CC1. The van der Waals surface area contributed by atoms with Crippen LogP contribution in [0.25, 0.3) is 0 Å². The summed E-state index contributed by atoms with van der Waals surface area (Å²) in [7, 11) is 0. The largest absolute Gasteiger partial charge is 0.352 e. The smallest absolute Gasteiger partial charge is 0.237 e. The Kier molecular flexibility index (Phi) is 6.28. The zero-order chi connectivity index (χ0) is 14.4.